The first-order valence-corrected chi connectivity index (χ1v) is 13.1. The van der Waals surface area contributed by atoms with Gasteiger partial charge in [-0.15, -0.1) is 0 Å². The van der Waals surface area contributed by atoms with E-state index in [4.69, 9.17) is 4.98 Å². The van der Waals surface area contributed by atoms with Crippen LogP contribution in [0.1, 0.15) is 69.3 Å². The Labute approximate surface area is 217 Å². The average Bonchev–Trinajstić information content (AvgIpc) is 3.43. The van der Waals surface area contributed by atoms with E-state index in [-0.39, 0.29) is 30.3 Å². The number of amides is 1. The van der Waals surface area contributed by atoms with Gasteiger partial charge >= 0.3 is 0 Å². The quantitative estimate of drug-likeness (QED) is 0.503. The smallest absolute Gasteiger partial charge is 0.263 e. The standard InChI is InChI=1S/C27H33N7O3.H2/c1-4-23(36)33-13-11-32(12-14-33)20-9-10-22(28-15-20)30-27-29-16-21-17(2)24(18(3)35)26(37)34(25(21)31-27)19-7-5-6-8-19;/h9-10,15-16,19H,4-8,11-14H2,1-3H3,(H,28,29,30,31);1H. The van der Waals surface area contributed by atoms with Crippen LogP contribution in [0.2, 0.25) is 0 Å². The van der Waals surface area contributed by atoms with Gasteiger partial charge in [0.05, 0.1) is 17.4 Å². The number of ketones is 1. The number of hydrogen-bond acceptors (Lipinski definition) is 8. The number of aromatic nitrogens is 4. The normalized spacial score (nSPS) is 16.4. The Balaban J connectivity index is 0.00000336. The SMILES string of the molecule is CCC(=O)N1CCN(c2ccc(Nc3ncc4c(C)c(C(C)=O)c(=O)n(C5CCCC5)c4n3)nc2)CC1.[HH]. The number of nitrogens with zero attached hydrogens (tertiary/aromatic N) is 6. The van der Waals surface area contributed by atoms with Gasteiger partial charge in [0, 0.05) is 51.7 Å². The Morgan fingerprint density at radius 3 is 2.43 bits per heavy atom. The summed E-state index contributed by atoms with van der Waals surface area (Å²) < 4.78 is 1.71. The van der Waals surface area contributed by atoms with E-state index in [9.17, 15) is 14.4 Å². The second-order valence-electron chi connectivity index (χ2n) is 9.85. The fourth-order valence-electron chi connectivity index (χ4n) is 5.51. The van der Waals surface area contributed by atoms with Crippen LogP contribution in [0.15, 0.2) is 29.3 Å². The van der Waals surface area contributed by atoms with Crippen LogP contribution in [-0.2, 0) is 4.79 Å². The molecule has 0 spiro atoms. The molecule has 1 aliphatic carbocycles. The molecule has 37 heavy (non-hydrogen) atoms. The fourth-order valence-corrected chi connectivity index (χ4v) is 5.51. The third-order valence-electron chi connectivity index (χ3n) is 7.54. The van der Waals surface area contributed by atoms with Crippen molar-refractivity contribution in [2.75, 3.05) is 36.4 Å². The minimum atomic E-state index is -0.266. The van der Waals surface area contributed by atoms with Gasteiger partial charge in [0.15, 0.2) is 5.78 Å². The van der Waals surface area contributed by atoms with Crippen LogP contribution in [0.25, 0.3) is 11.0 Å². The summed E-state index contributed by atoms with van der Waals surface area (Å²) in [5.41, 5.74) is 2.12. The summed E-state index contributed by atoms with van der Waals surface area (Å²) >= 11 is 0. The predicted octanol–water partition coefficient (Wildman–Crippen LogP) is 3.86. The van der Waals surface area contributed by atoms with Crippen LogP contribution in [0.4, 0.5) is 17.5 Å². The number of aryl methyl sites for hydroxylation is 1. The summed E-state index contributed by atoms with van der Waals surface area (Å²) in [6.45, 7) is 8.08. The van der Waals surface area contributed by atoms with Crippen LogP contribution in [0.5, 0.6) is 0 Å². The number of rotatable bonds is 6. The molecule has 4 heterocycles. The highest BCUT2D eigenvalue weighted by Gasteiger charge is 2.26. The Bertz CT molecular complexity index is 1390. The van der Waals surface area contributed by atoms with Crippen molar-refractivity contribution >= 4 is 40.2 Å². The van der Waals surface area contributed by atoms with Crippen molar-refractivity contribution in [2.24, 2.45) is 0 Å². The molecule has 2 aliphatic rings. The molecule has 3 aromatic heterocycles. The Kier molecular flexibility index (Phi) is 6.90. The number of nitrogens with one attached hydrogen (secondary N) is 1. The number of piperazine rings is 1. The summed E-state index contributed by atoms with van der Waals surface area (Å²) in [6, 6.07) is 3.90. The minimum absolute atomic E-state index is 0. The van der Waals surface area contributed by atoms with Crippen molar-refractivity contribution < 1.29 is 11.0 Å². The van der Waals surface area contributed by atoms with E-state index in [2.05, 4.69) is 20.2 Å². The predicted molar refractivity (Wildman–Crippen MR) is 145 cm³/mol. The molecule has 1 N–H and O–H groups in total. The van der Waals surface area contributed by atoms with E-state index in [0.29, 0.717) is 47.9 Å². The highest BCUT2D eigenvalue weighted by Crippen LogP contribution is 2.32. The second kappa shape index (κ2) is 10.3. The third kappa shape index (κ3) is 4.80. The maximum Gasteiger partial charge on any atom is 0.263 e. The molecule has 0 aromatic carbocycles. The zero-order valence-corrected chi connectivity index (χ0v) is 21.7. The molecule has 3 aromatic rings. The van der Waals surface area contributed by atoms with Gasteiger partial charge in [-0.3, -0.25) is 19.0 Å². The van der Waals surface area contributed by atoms with Crippen LogP contribution in [0, 0.1) is 6.92 Å². The first kappa shape index (κ1) is 24.9. The molecule has 0 bridgehead atoms. The van der Waals surface area contributed by atoms with Crippen molar-refractivity contribution in [3.05, 3.63) is 46.0 Å². The molecule has 10 nitrogen and oxygen atoms in total. The average molecular weight is 506 g/mol. The largest absolute Gasteiger partial charge is 0.367 e. The molecule has 10 heteroatoms. The lowest BCUT2D eigenvalue weighted by molar-refractivity contribution is -0.131. The van der Waals surface area contributed by atoms with E-state index in [1.807, 2.05) is 24.0 Å². The van der Waals surface area contributed by atoms with Crippen molar-refractivity contribution in [1.82, 2.24) is 24.4 Å². The van der Waals surface area contributed by atoms with Crippen LogP contribution >= 0.6 is 0 Å². The van der Waals surface area contributed by atoms with E-state index >= 15 is 0 Å². The number of Topliss-reactive ketones (excluding diaryl/α,β-unsaturated/α-hetero) is 1. The van der Waals surface area contributed by atoms with Gasteiger partial charge in [0.25, 0.3) is 5.56 Å². The van der Waals surface area contributed by atoms with Crippen molar-refractivity contribution in [1.29, 1.82) is 0 Å². The molecule has 1 saturated carbocycles. The molecular weight excluding hydrogens is 470 g/mol. The molecule has 0 atom stereocenters. The van der Waals surface area contributed by atoms with Gasteiger partial charge in [-0.25, -0.2) is 9.97 Å². The third-order valence-corrected chi connectivity index (χ3v) is 7.54. The fraction of sp³-hybridized carbons (Fsp3) is 0.481. The van der Waals surface area contributed by atoms with Crippen LogP contribution in [0.3, 0.4) is 0 Å². The van der Waals surface area contributed by atoms with Gasteiger partial charge in [-0.2, -0.15) is 4.98 Å². The topological polar surface area (TPSA) is 113 Å². The maximum atomic E-state index is 13.4. The first-order chi connectivity index (χ1) is 17.9. The number of carbonyl (C=O) groups is 2. The molecule has 0 radical (unpaired) electrons. The lowest BCUT2D eigenvalue weighted by atomic mass is 10.0. The van der Waals surface area contributed by atoms with Crippen molar-refractivity contribution in [2.45, 2.75) is 58.9 Å². The monoisotopic (exact) mass is 505 g/mol. The molecule has 5 rings (SSSR count). The Morgan fingerprint density at radius 2 is 1.81 bits per heavy atom. The summed E-state index contributed by atoms with van der Waals surface area (Å²) in [5.74, 6) is 0.898. The molecule has 1 amide bonds. The molecule has 2 fully saturated rings. The number of carbonyl (C=O) groups excluding carboxylic acids is 2. The maximum absolute atomic E-state index is 13.4. The summed E-state index contributed by atoms with van der Waals surface area (Å²) in [6.07, 6.45) is 7.92. The van der Waals surface area contributed by atoms with Gasteiger partial charge in [-0.1, -0.05) is 19.8 Å². The highest BCUT2D eigenvalue weighted by atomic mass is 16.2. The zero-order chi connectivity index (χ0) is 26.1. The zero-order valence-electron chi connectivity index (χ0n) is 21.7. The Morgan fingerprint density at radius 1 is 1.08 bits per heavy atom. The molecule has 1 aliphatic heterocycles. The second-order valence-corrected chi connectivity index (χ2v) is 9.85. The number of hydrogen-bond donors (Lipinski definition) is 1. The first-order valence-electron chi connectivity index (χ1n) is 13.1. The van der Waals surface area contributed by atoms with Crippen molar-refractivity contribution in [3.8, 4) is 0 Å². The molecule has 0 unspecified atom stereocenters. The minimum Gasteiger partial charge on any atom is -0.367 e. The summed E-state index contributed by atoms with van der Waals surface area (Å²) in [4.78, 5) is 55.5. The molecule has 1 saturated heterocycles. The van der Waals surface area contributed by atoms with Gasteiger partial charge < -0.3 is 15.1 Å². The summed E-state index contributed by atoms with van der Waals surface area (Å²) in [5, 5.41) is 3.88. The number of anilines is 3. The van der Waals surface area contributed by atoms with Gasteiger partial charge in [-0.05, 0) is 44.4 Å². The highest BCUT2D eigenvalue weighted by molar-refractivity contribution is 5.99. The van der Waals surface area contributed by atoms with Crippen molar-refractivity contribution in [3.63, 3.8) is 0 Å². The van der Waals surface area contributed by atoms with Gasteiger partial charge in [0.2, 0.25) is 11.9 Å². The molecular formula is C27H35N7O3. The van der Waals surface area contributed by atoms with E-state index in [0.717, 1.165) is 44.5 Å². The lowest BCUT2D eigenvalue weighted by Gasteiger charge is -2.35. The van der Waals surface area contributed by atoms with E-state index in [1.54, 1.807) is 23.9 Å². The van der Waals surface area contributed by atoms with Crippen LogP contribution in [-0.4, -0.2) is 62.3 Å². The summed E-state index contributed by atoms with van der Waals surface area (Å²) in [7, 11) is 0. The number of fused-ring (bicyclic) bond motifs is 1. The van der Waals surface area contributed by atoms with E-state index < -0.39 is 0 Å². The van der Waals surface area contributed by atoms with Crippen LogP contribution < -0.4 is 15.8 Å². The Hall–Kier alpha value is -3.82. The molecule has 196 valence electrons. The lowest BCUT2D eigenvalue weighted by Crippen LogP contribution is -2.48. The number of pyridine rings is 2. The van der Waals surface area contributed by atoms with E-state index in [1.165, 1.54) is 6.92 Å². The van der Waals surface area contributed by atoms with Gasteiger partial charge in [0.1, 0.15) is 11.5 Å².